The van der Waals surface area contributed by atoms with Gasteiger partial charge in [0.15, 0.2) is 6.61 Å². The number of fused-ring (bicyclic) bond motifs is 2. The van der Waals surface area contributed by atoms with Crippen LogP contribution < -0.4 is 15.0 Å². The van der Waals surface area contributed by atoms with Gasteiger partial charge in [0.1, 0.15) is 17.9 Å². The lowest BCUT2D eigenvalue weighted by Gasteiger charge is -2.31. The molecule has 1 amide bonds. The Bertz CT molecular complexity index is 1140. The Hall–Kier alpha value is -2.75. The Labute approximate surface area is 194 Å². The van der Waals surface area contributed by atoms with Crippen LogP contribution in [0.2, 0.25) is 0 Å². The van der Waals surface area contributed by atoms with Crippen LogP contribution >= 0.6 is 15.9 Å². The second-order valence-electron chi connectivity index (χ2n) is 7.84. The molecule has 0 aliphatic carbocycles. The molecule has 9 heteroatoms. The summed E-state index contributed by atoms with van der Waals surface area (Å²) in [6.45, 7) is 5.07. The fraction of sp³-hybridized carbons (Fsp3) is 0.348. The number of anilines is 3. The number of hydrogen-bond donors (Lipinski definition) is 1. The van der Waals surface area contributed by atoms with E-state index in [2.05, 4.69) is 36.1 Å². The van der Waals surface area contributed by atoms with Crippen LogP contribution in [0.15, 0.2) is 47.2 Å². The number of halogens is 1. The fourth-order valence-electron chi connectivity index (χ4n) is 4.08. The topological polar surface area (TPSA) is 79.8 Å². The van der Waals surface area contributed by atoms with E-state index in [9.17, 15) is 4.79 Å². The third-order valence-electron chi connectivity index (χ3n) is 5.71. The first kappa shape index (κ1) is 21.1. The van der Waals surface area contributed by atoms with E-state index in [0.717, 1.165) is 66.0 Å². The van der Waals surface area contributed by atoms with Gasteiger partial charge in [-0.15, -0.1) is 0 Å². The summed E-state index contributed by atoms with van der Waals surface area (Å²) >= 11 is 3.50. The quantitative estimate of drug-likeness (QED) is 0.557. The van der Waals surface area contributed by atoms with E-state index in [0.29, 0.717) is 18.1 Å². The summed E-state index contributed by atoms with van der Waals surface area (Å²) in [5.41, 5.74) is 2.44. The van der Waals surface area contributed by atoms with Crippen LogP contribution in [0, 0.1) is 0 Å². The first-order valence-electron chi connectivity index (χ1n) is 10.7. The smallest absolute Gasteiger partial charge is 0.265 e. The van der Waals surface area contributed by atoms with E-state index in [1.807, 2.05) is 41.3 Å². The van der Waals surface area contributed by atoms with Gasteiger partial charge in [-0.2, -0.15) is 0 Å². The Morgan fingerprint density at radius 2 is 1.97 bits per heavy atom. The Morgan fingerprint density at radius 1 is 1.09 bits per heavy atom. The van der Waals surface area contributed by atoms with E-state index in [-0.39, 0.29) is 12.5 Å². The maximum Gasteiger partial charge on any atom is 0.265 e. The lowest BCUT2D eigenvalue weighted by atomic mass is 10.1. The minimum Gasteiger partial charge on any atom is -0.481 e. The van der Waals surface area contributed by atoms with Crippen LogP contribution in [-0.4, -0.2) is 66.8 Å². The number of amides is 1. The Balaban J connectivity index is 1.41. The first-order chi connectivity index (χ1) is 15.7. The van der Waals surface area contributed by atoms with Gasteiger partial charge in [0.2, 0.25) is 0 Å². The second kappa shape index (κ2) is 9.40. The van der Waals surface area contributed by atoms with Crippen molar-refractivity contribution in [1.29, 1.82) is 0 Å². The molecule has 2 aliphatic rings. The fourth-order valence-corrected chi connectivity index (χ4v) is 4.47. The standard InChI is InChI=1S/C23H24BrN5O3/c24-16-3-1-4-17(11-16)27-23-18-12-20-21(13-19(18)25-15-26-23)32-14-22(30)29(20)6-2-5-28-7-9-31-10-8-28/h1,3-4,11-13,15H,2,5-10,14H2,(H,25,26,27). The van der Waals surface area contributed by atoms with Gasteiger partial charge in [-0.05, 0) is 30.7 Å². The van der Waals surface area contributed by atoms with Crippen LogP contribution in [0.5, 0.6) is 5.75 Å². The molecular formula is C23H24BrN5O3. The summed E-state index contributed by atoms with van der Waals surface area (Å²) in [6, 6.07) is 11.7. The van der Waals surface area contributed by atoms with Crippen molar-refractivity contribution in [3.8, 4) is 5.75 Å². The zero-order valence-electron chi connectivity index (χ0n) is 17.6. The van der Waals surface area contributed by atoms with Gasteiger partial charge in [-0.3, -0.25) is 9.69 Å². The van der Waals surface area contributed by atoms with E-state index in [4.69, 9.17) is 9.47 Å². The van der Waals surface area contributed by atoms with Crippen LogP contribution in [0.1, 0.15) is 6.42 Å². The van der Waals surface area contributed by atoms with Crippen molar-refractivity contribution in [2.45, 2.75) is 6.42 Å². The van der Waals surface area contributed by atoms with Gasteiger partial charge < -0.3 is 19.7 Å². The first-order valence-corrected chi connectivity index (χ1v) is 11.5. The number of hydrogen-bond acceptors (Lipinski definition) is 7. The monoisotopic (exact) mass is 497 g/mol. The number of carbonyl (C=O) groups excluding carboxylic acids is 1. The number of carbonyl (C=O) groups is 1. The van der Waals surface area contributed by atoms with Gasteiger partial charge in [-0.1, -0.05) is 22.0 Å². The largest absolute Gasteiger partial charge is 0.481 e. The Kier molecular flexibility index (Phi) is 6.20. The molecule has 1 fully saturated rings. The number of nitrogens with one attached hydrogen (secondary N) is 1. The van der Waals surface area contributed by atoms with Crippen molar-refractivity contribution in [2.24, 2.45) is 0 Å². The second-order valence-corrected chi connectivity index (χ2v) is 8.75. The van der Waals surface area contributed by atoms with Gasteiger partial charge in [-0.25, -0.2) is 9.97 Å². The van der Waals surface area contributed by atoms with Crippen molar-refractivity contribution in [2.75, 3.05) is 56.2 Å². The summed E-state index contributed by atoms with van der Waals surface area (Å²) in [5.74, 6) is 1.33. The van der Waals surface area contributed by atoms with E-state index in [1.165, 1.54) is 6.33 Å². The SMILES string of the molecule is O=C1COc2cc3ncnc(Nc4cccc(Br)c4)c3cc2N1CCCN1CCOCC1. The van der Waals surface area contributed by atoms with Crippen LogP contribution in [-0.2, 0) is 9.53 Å². The zero-order valence-corrected chi connectivity index (χ0v) is 19.2. The maximum absolute atomic E-state index is 12.7. The molecule has 0 saturated carbocycles. The van der Waals surface area contributed by atoms with Crippen LogP contribution in [0.4, 0.5) is 17.2 Å². The minimum absolute atomic E-state index is 0.0304. The third-order valence-corrected chi connectivity index (χ3v) is 6.20. The molecular weight excluding hydrogens is 474 g/mol. The highest BCUT2D eigenvalue weighted by Crippen LogP contribution is 2.38. The predicted octanol–water partition coefficient (Wildman–Crippen LogP) is 3.58. The van der Waals surface area contributed by atoms with E-state index in [1.54, 1.807) is 0 Å². The molecule has 166 valence electrons. The normalized spacial score (nSPS) is 16.7. The molecule has 0 atom stereocenters. The van der Waals surface area contributed by atoms with Crippen LogP contribution in [0.3, 0.4) is 0 Å². The molecule has 1 saturated heterocycles. The number of aromatic nitrogens is 2. The molecule has 0 bridgehead atoms. The highest BCUT2D eigenvalue weighted by Gasteiger charge is 2.27. The highest BCUT2D eigenvalue weighted by molar-refractivity contribution is 9.10. The average molecular weight is 498 g/mol. The molecule has 3 aromatic rings. The molecule has 0 radical (unpaired) electrons. The lowest BCUT2D eigenvalue weighted by molar-refractivity contribution is -0.121. The molecule has 3 heterocycles. The summed E-state index contributed by atoms with van der Waals surface area (Å²) in [4.78, 5) is 25.8. The van der Waals surface area contributed by atoms with Gasteiger partial charge in [0.05, 0.1) is 24.4 Å². The van der Waals surface area contributed by atoms with E-state index >= 15 is 0 Å². The molecule has 2 aromatic carbocycles. The molecule has 8 nitrogen and oxygen atoms in total. The van der Waals surface area contributed by atoms with Gasteiger partial charge in [0, 0.05) is 47.8 Å². The molecule has 1 aromatic heterocycles. The number of ether oxygens (including phenoxy) is 2. The van der Waals surface area contributed by atoms with Gasteiger partial charge >= 0.3 is 0 Å². The minimum atomic E-state index is -0.0304. The number of nitrogens with zero attached hydrogens (tertiary/aromatic N) is 4. The Morgan fingerprint density at radius 3 is 2.81 bits per heavy atom. The summed E-state index contributed by atoms with van der Waals surface area (Å²) in [5, 5.41) is 4.20. The summed E-state index contributed by atoms with van der Waals surface area (Å²) < 4.78 is 12.1. The van der Waals surface area contributed by atoms with E-state index < -0.39 is 0 Å². The average Bonchev–Trinajstić information content (AvgIpc) is 2.80. The molecule has 5 rings (SSSR count). The molecule has 32 heavy (non-hydrogen) atoms. The maximum atomic E-state index is 12.7. The number of benzene rings is 2. The third kappa shape index (κ3) is 4.55. The van der Waals surface area contributed by atoms with Gasteiger partial charge in [0.25, 0.3) is 5.91 Å². The predicted molar refractivity (Wildman–Crippen MR) is 127 cm³/mol. The molecule has 0 unspecified atom stereocenters. The van der Waals surface area contributed by atoms with Crippen molar-refractivity contribution in [1.82, 2.24) is 14.9 Å². The highest BCUT2D eigenvalue weighted by atomic mass is 79.9. The summed E-state index contributed by atoms with van der Waals surface area (Å²) in [6.07, 6.45) is 2.42. The van der Waals surface area contributed by atoms with Crippen molar-refractivity contribution < 1.29 is 14.3 Å². The zero-order chi connectivity index (χ0) is 21.9. The number of rotatable bonds is 6. The van der Waals surface area contributed by atoms with Crippen LogP contribution in [0.25, 0.3) is 10.9 Å². The summed E-state index contributed by atoms with van der Waals surface area (Å²) in [7, 11) is 0. The lowest BCUT2D eigenvalue weighted by Crippen LogP contribution is -2.42. The molecule has 2 aliphatic heterocycles. The molecule has 0 spiro atoms. The van der Waals surface area contributed by atoms with Crippen molar-refractivity contribution >= 4 is 49.9 Å². The van der Waals surface area contributed by atoms with Crippen molar-refractivity contribution in [3.05, 3.63) is 47.2 Å². The van der Waals surface area contributed by atoms with Crippen molar-refractivity contribution in [3.63, 3.8) is 0 Å². The number of morpholine rings is 1. The molecule has 1 N–H and O–H groups in total.